The first-order valence-electron chi connectivity index (χ1n) is 10.1. The van der Waals surface area contributed by atoms with Crippen LogP contribution in [0.25, 0.3) is 0 Å². The molecule has 0 saturated carbocycles. The fourth-order valence-electron chi connectivity index (χ4n) is 3.38. The van der Waals surface area contributed by atoms with Gasteiger partial charge in [-0.2, -0.15) is 0 Å². The molecule has 168 valence electrons. The second-order valence-corrected chi connectivity index (χ2v) is 7.90. The number of hydrogen-bond donors (Lipinski definition) is 2. The van der Waals surface area contributed by atoms with Crippen LogP contribution in [0.1, 0.15) is 25.8 Å². The number of amides is 1. The molecule has 0 unspecified atom stereocenters. The van der Waals surface area contributed by atoms with E-state index in [1.807, 2.05) is 30.3 Å². The lowest BCUT2D eigenvalue weighted by molar-refractivity contribution is -0.121. The van der Waals surface area contributed by atoms with Crippen LogP contribution >= 0.6 is 24.0 Å². The van der Waals surface area contributed by atoms with Gasteiger partial charge < -0.3 is 20.3 Å². The summed E-state index contributed by atoms with van der Waals surface area (Å²) in [6.45, 7) is 6.05. The molecule has 1 aliphatic rings. The van der Waals surface area contributed by atoms with E-state index < -0.39 is 0 Å². The van der Waals surface area contributed by atoms with E-state index in [0.717, 1.165) is 23.4 Å². The molecule has 6 nitrogen and oxygen atoms in total. The zero-order chi connectivity index (χ0) is 21.6. The number of hydrogen-bond acceptors (Lipinski definition) is 3. The third-order valence-electron chi connectivity index (χ3n) is 5.19. The molecule has 2 aromatic carbocycles. The molecule has 0 radical (unpaired) electrons. The smallest absolute Gasteiger partial charge is 0.265 e. The number of para-hydroxylation sites is 2. The number of nitrogens with zero attached hydrogens (tertiary/aromatic N) is 2. The van der Waals surface area contributed by atoms with Gasteiger partial charge in [-0.05, 0) is 36.2 Å². The lowest BCUT2D eigenvalue weighted by atomic mass is 9.84. The molecule has 8 heteroatoms. The minimum Gasteiger partial charge on any atom is -0.482 e. The Labute approximate surface area is 200 Å². The predicted molar refractivity (Wildman–Crippen MR) is 133 cm³/mol. The number of guanidine groups is 1. The first kappa shape index (κ1) is 24.9. The van der Waals surface area contributed by atoms with Crippen molar-refractivity contribution in [3.05, 3.63) is 59.9 Å². The molecule has 0 atom stereocenters. The fraction of sp³-hybridized carbons (Fsp3) is 0.391. The number of ether oxygens (including phenoxy) is 1. The van der Waals surface area contributed by atoms with Crippen molar-refractivity contribution in [3.8, 4) is 5.75 Å². The highest BCUT2D eigenvalue weighted by molar-refractivity contribution is 14.0. The number of carbonyl (C=O) groups excluding carboxylic acids is 1. The third-order valence-corrected chi connectivity index (χ3v) is 5.19. The first-order chi connectivity index (χ1) is 14.4. The van der Waals surface area contributed by atoms with Gasteiger partial charge >= 0.3 is 0 Å². The SMILES string of the molecule is CN=C(NCCCN1C(=O)COc2ccccc21)NCC(C)(C)c1cccc(F)c1.I. The summed E-state index contributed by atoms with van der Waals surface area (Å²) in [5.41, 5.74) is 1.48. The van der Waals surface area contributed by atoms with Crippen molar-refractivity contribution in [1.82, 2.24) is 10.6 Å². The summed E-state index contributed by atoms with van der Waals surface area (Å²) in [5, 5.41) is 6.59. The normalized spacial score (nSPS) is 13.7. The summed E-state index contributed by atoms with van der Waals surface area (Å²) < 4.78 is 19.0. The minimum atomic E-state index is -0.260. The van der Waals surface area contributed by atoms with E-state index in [0.29, 0.717) is 25.6 Å². The third kappa shape index (κ3) is 6.56. The Bertz CT molecular complexity index is 920. The van der Waals surface area contributed by atoms with E-state index >= 15 is 0 Å². The van der Waals surface area contributed by atoms with Gasteiger partial charge in [0.05, 0.1) is 5.69 Å². The van der Waals surface area contributed by atoms with E-state index in [1.54, 1.807) is 24.1 Å². The van der Waals surface area contributed by atoms with Gasteiger partial charge in [0, 0.05) is 32.1 Å². The Morgan fingerprint density at radius 2 is 1.97 bits per heavy atom. The molecule has 1 aliphatic heterocycles. The lowest BCUT2D eigenvalue weighted by Gasteiger charge is -2.29. The second kappa shape index (κ2) is 11.3. The van der Waals surface area contributed by atoms with Crippen molar-refractivity contribution in [3.63, 3.8) is 0 Å². The molecule has 2 aromatic rings. The highest BCUT2D eigenvalue weighted by Crippen LogP contribution is 2.31. The number of benzene rings is 2. The molecular weight excluding hydrogens is 510 g/mol. The average Bonchev–Trinajstić information content (AvgIpc) is 2.74. The largest absolute Gasteiger partial charge is 0.482 e. The van der Waals surface area contributed by atoms with E-state index in [-0.39, 0.29) is 47.7 Å². The Morgan fingerprint density at radius 1 is 1.19 bits per heavy atom. The monoisotopic (exact) mass is 540 g/mol. The fourth-order valence-corrected chi connectivity index (χ4v) is 3.38. The van der Waals surface area contributed by atoms with Crippen LogP contribution in [-0.4, -0.2) is 45.2 Å². The maximum absolute atomic E-state index is 13.5. The van der Waals surface area contributed by atoms with Crippen LogP contribution in [0.5, 0.6) is 5.75 Å². The maximum Gasteiger partial charge on any atom is 0.265 e. The summed E-state index contributed by atoms with van der Waals surface area (Å²) >= 11 is 0. The van der Waals surface area contributed by atoms with Crippen LogP contribution < -0.4 is 20.3 Å². The predicted octanol–water partition coefficient (Wildman–Crippen LogP) is 3.70. The Balaban J connectivity index is 0.00000341. The number of halogens is 2. The van der Waals surface area contributed by atoms with Crippen molar-refractivity contribution in [1.29, 1.82) is 0 Å². The van der Waals surface area contributed by atoms with Gasteiger partial charge in [0.25, 0.3) is 5.91 Å². The van der Waals surface area contributed by atoms with Gasteiger partial charge in [-0.3, -0.25) is 9.79 Å². The average molecular weight is 540 g/mol. The van der Waals surface area contributed by atoms with Gasteiger partial charge in [-0.15, -0.1) is 24.0 Å². The van der Waals surface area contributed by atoms with Crippen molar-refractivity contribution in [2.75, 3.05) is 38.2 Å². The number of aliphatic imine (C=N–C) groups is 1. The van der Waals surface area contributed by atoms with Gasteiger partial charge in [0.15, 0.2) is 12.6 Å². The molecule has 0 fully saturated rings. The molecule has 31 heavy (non-hydrogen) atoms. The van der Waals surface area contributed by atoms with Gasteiger partial charge in [-0.1, -0.05) is 38.1 Å². The molecule has 1 heterocycles. The van der Waals surface area contributed by atoms with E-state index in [1.165, 1.54) is 6.07 Å². The molecule has 1 amide bonds. The maximum atomic E-state index is 13.5. The number of rotatable bonds is 7. The number of carbonyl (C=O) groups is 1. The van der Waals surface area contributed by atoms with Gasteiger partial charge in [-0.25, -0.2) is 4.39 Å². The molecule has 0 aromatic heterocycles. The van der Waals surface area contributed by atoms with Gasteiger partial charge in [0.1, 0.15) is 11.6 Å². The molecule has 0 bridgehead atoms. The summed E-state index contributed by atoms with van der Waals surface area (Å²) in [6.07, 6.45) is 0.758. The lowest BCUT2D eigenvalue weighted by Crippen LogP contribution is -2.45. The first-order valence-corrected chi connectivity index (χ1v) is 10.1. The Hall–Kier alpha value is -2.36. The molecule has 0 spiro atoms. The topological polar surface area (TPSA) is 66.0 Å². The number of anilines is 1. The van der Waals surface area contributed by atoms with E-state index in [9.17, 15) is 9.18 Å². The minimum absolute atomic E-state index is 0. The zero-order valence-electron chi connectivity index (χ0n) is 18.2. The van der Waals surface area contributed by atoms with Crippen LogP contribution in [0.4, 0.5) is 10.1 Å². The van der Waals surface area contributed by atoms with Crippen molar-refractivity contribution >= 4 is 41.5 Å². The molecular formula is C23H30FIN4O2. The highest BCUT2D eigenvalue weighted by Gasteiger charge is 2.24. The molecule has 3 rings (SSSR count). The second-order valence-electron chi connectivity index (χ2n) is 7.90. The van der Waals surface area contributed by atoms with Crippen LogP contribution in [0.3, 0.4) is 0 Å². The quantitative estimate of drug-likeness (QED) is 0.243. The van der Waals surface area contributed by atoms with Crippen LogP contribution in [0, 0.1) is 5.82 Å². The van der Waals surface area contributed by atoms with Gasteiger partial charge in [0.2, 0.25) is 0 Å². The van der Waals surface area contributed by atoms with Crippen LogP contribution in [0.2, 0.25) is 0 Å². The van der Waals surface area contributed by atoms with E-state index in [2.05, 4.69) is 29.5 Å². The Morgan fingerprint density at radius 3 is 2.71 bits per heavy atom. The van der Waals surface area contributed by atoms with Crippen molar-refractivity contribution in [2.45, 2.75) is 25.7 Å². The van der Waals surface area contributed by atoms with Crippen LogP contribution in [-0.2, 0) is 10.2 Å². The zero-order valence-corrected chi connectivity index (χ0v) is 20.5. The number of fused-ring (bicyclic) bond motifs is 1. The van der Waals surface area contributed by atoms with E-state index in [4.69, 9.17) is 4.74 Å². The summed E-state index contributed by atoms with van der Waals surface area (Å²) in [6, 6.07) is 14.2. The molecule has 0 saturated heterocycles. The van der Waals surface area contributed by atoms with Crippen molar-refractivity contribution in [2.24, 2.45) is 4.99 Å². The van der Waals surface area contributed by atoms with Crippen LogP contribution in [0.15, 0.2) is 53.5 Å². The standard InChI is InChI=1S/C23H29FN4O2.HI/c1-23(2,17-8-6-9-18(24)14-17)16-27-22(25-3)26-12-7-13-28-19-10-4-5-11-20(19)30-15-21(28)29;/h4-6,8-11,14H,7,12-13,15-16H2,1-3H3,(H2,25,26,27);1H. The molecule has 2 N–H and O–H groups in total. The summed E-state index contributed by atoms with van der Waals surface area (Å²) in [7, 11) is 1.71. The Kier molecular flexibility index (Phi) is 9.09. The summed E-state index contributed by atoms with van der Waals surface area (Å²) in [4.78, 5) is 18.3. The molecule has 0 aliphatic carbocycles. The highest BCUT2D eigenvalue weighted by atomic mass is 127. The summed E-state index contributed by atoms with van der Waals surface area (Å²) in [5.74, 6) is 1.14. The number of nitrogens with one attached hydrogen (secondary N) is 2. The van der Waals surface area contributed by atoms with Crippen molar-refractivity contribution < 1.29 is 13.9 Å².